The number of halogens is 3. The zero-order valence-electron chi connectivity index (χ0n) is 22.8. The highest BCUT2D eigenvalue weighted by Gasteiger charge is 2.24. The van der Waals surface area contributed by atoms with E-state index in [-0.39, 0.29) is 24.1 Å². The smallest absolute Gasteiger partial charge is 0.251 e. The van der Waals surface area contributed by atoms with Gasteiger partial charge in [-0.05, 0) is 66.9 Å². The number of carbonyl (C=O) groups excluding carboxylic acids is 2. The highest BCUT2D eigenvalue weighted by molar-refractivity contribution is 5.94. The lowest BCUT2D eigenvalue weighted by Gasteiger charge is -2.22. The number of imidazole rings is 1. The Morgan fingerprint density at radius 3 is 2.44 bits per heavy atom. The molecule has 3 aromatic heterocycles. The number of pyridine rings is 1. The van der Waals surface area contributed by atoms with Gasteiger partial charge in [-0.25, -0.2) is 13.2 Å². The van der Waals surface area contributed by atoms with Gasteiger partial charge in [0.2, 0.25) is 11.7 Å². The first-order valence-corrected chi connectivity index (χ1v) is 13.3. The van der Waals surface area contributed by atoms with Crippen LogP contribution in [0.2, 0.25) is 0 Å². The van der Waals surface area contributed by atoms with Crippen LogP contribution < -0.4 is 11.1 Å². The minimum atomic E-state index is -0.945. The number of hydrogen-bond acceptors (Lipinski definition) is 5. The second kappa shape index (κ2) is 11.0. The van der Waals surface area contributed by atoms with Crippen molar-refractivity contribution in [3.05, 3.63) is 119 Å². The third-order valence-corrected chi connectivity index (χ3v) is 7.05. The number of para-hydroxylation sites is 2. The Morgan fingerprint density at radius 2 is 1.70 bits per heavy atom. The molecule has 43 heavy (non-hydrogen) atoms. The molecule has 216 valence electrons. The molecule has 0 spiro atoms. The van der Waals surface area contributed by atoms with Crippen LogP contribution in [0.25, 0.3) is 27.9 Å². The summed E-state index contributed by atoms with van der Waals surface area (Å²) in [6.45, 7) is 1.61. The summed E-state index contributed by atoms with van der Waals surface area (Å²) in [5.74, 6) is -2.69. The Bertz CT molecular complexity index is 2020. The summed E-state index contributed by atoms with van der Waals surface area (Å²) in [5.41, 5.74) is 8.05. The van der Waals surface area contributed by atoms with Gasteiger partial charge in [-0.3, -0.25) is 19.1 Å². The number of rotatable bonds is 8. The van der Waals surface area contributed by atoms with E-state index in [1.54, 1.807) is 28.1 Å². The van der Waals surface area contributed by atoms with Crippen molar-refractivity contribution in [3.63, 3.8) is 0 Å². The molecule has 0 aliphatic heterocycles. The summed E-state index contributed by atoms with van der Waals surface area (Å²) in [6, 6.07) is 16.9. The second-order valence-electron chi connectivity index (χ2n) is 10.0. The first kappa shape index (κ1) is 27.6. The standard InChI is InChI=1S/C31H24F3N7O2/c1-17-37-31-40(26-6-2-3-7-27(26)41(31)39-17)16-28(42)38-25(13-18-11-20(32)15-21(33)12-18)29-22(5-4-10-36-29)19-8-9-24(34)23(14-19)30(35)43/h2-12,14-15,25H,13,16H2,1H3,(H2,35,43)(H,38,42). The summed E-state index contributed by atoms with van der Waals surface area (Å²) >= 11 is 0. The van der Waals surface area contributed by atoms with Gasteiger partial charge < -0.3 is 11.1 Å². The maximum Gasteiger partial charge on any atom is 0.251 e. The van der Waals surface area contributed by atoms with Crippen molar-refractivity contribution in [3.8, 4) is 11.1 Å². The van der Waals surface area contributed by atoms with Crippen molar-refractivity contribution in [1.82, 2.24) is 29.5 Å². The molecule has 3 heterocycles. The third-order valence-electron chi connectivity index (χ3n) is 7.05. The number of amides is 2. The maximum atomic E-state index is 14.3. The van der Waals surface area contributed by atoms with Crippen molar-refractivity contribution in [2.75, 3.05) is 0 Å². The molecular formula is C31H24F3N7O2. The molecule has 3 N–H and O–H groups in total. The molecule has 2 amide bonds. The lowest BCUT2D eigenvalue weighted by Crippen LogP contribution is -2.33. The zero-order valence-corrected chi connectivity index (χ0v) is 22.8. The van der Waals surface area contributed by atoms with E-state index in [1.807, 2.05) is 24.3 Å². The van der Waals surface area contributed by atoms with Crippen molar-refractivity contribution in [2.45, 2.75) is 25.9 Å². The van der Waals surface area contributed by atoms with Crippen molar-refractivity contribution in [1.29, 1.82) is 0 Å². The number of primary amides is 1. The van der Waals surface area contributed by atoms with E-state index in [0.717, 1.165) is 23.2 Å². The number of aryl methyl sites for hydroxylation is 1. The van der Waals surface area contributed by atoms with Gasteiger partial charge in [0.1, 0.15) is 29.8 Å². The Hall–Kier alpha value is -5.52. The molecule has 6 aromatic rings. The molecule has 0 bridgehead atoms. The molecule has 0 saturated heterocycles. The Balaban J connectivity index is 1.41. The van der Waals surface area contributed by atoms with Crippen LogP contribution in [0.1, 0.15) is 33.5 Å². The maximum absolute atomic E-state index is 14.3. The first-order valence-electron chi connectivity index (χ1n) is 13.3. The predicted octanol–water partition coefficient (Wildman–Crippen LogP) is 4.67. The molecule has 1 atom stereocenters. The summed E-state index contributed by atoms with van der Waals surface area (Å²) in [5, 5.41) is 7.40. The summed E-state index contributed by atoms with van der Waals surface area (Å²) in [7, 11) is 0. The number of benzene rings is 3. The van der Waals surface area contributed by atoms with Crippen molar-refractivity contribution in [2.24, 2.45) is 5.73 Å². The largest absolute Gasteiger partial charge is 0.366 e. The Morgan fingerprint density at radius 1 is 0.953 bits per heavy atom. The van der Waals surface area contributed by atoms with Crippen molar-refractivity contribution >= 4 is 28.6 Å². The van der Waals surface area contributed by atoms with Crippen LogP contribution in [0.3, 0.4) is 0 Å². The molecule has 0 radical (unpaired) electrons. The normalized spacial score (nSPS) is 12.1. The predicted molar refractivity (Wildman–Crippen MR) is 152 cm³/mol. The van der Waals surface area contributed by atoms with Crippen LogP contribution in [0.15, 0.2) is 79.0 Å². The number of aromatic nitrogens is 5. The Labute approximate surface area is 242 Å². The second-order valence-corrected chi connectivity index (χ2v) is 10.0. The number of fused-ring (bicyclic) bond motifs is 3. The van der Waals surface area contributed by atoms with E-state index < -0.39 is 35.3 Å². The fourth-order valence-corrected chi connectivity index (χ4v) is 5.26. The first-order chi connectivity index (χ1) is 20.7. The van der Waals surface area contributed by atoms with Gasteiger partial charge >= 0.3 is 0 Å². The van der Waals surface area contributed by atoms with Gasteiger partial charge in [0.25, 0.3) is 5.91 Å². The van der Waals surface area contributed by atoms with E-state index in [2.05, 4.69) is 20.4 Å². The van der Waals surface area contributed by atoms with E-state index >= 15 is 0 Å². The molecule has 9 nitrogen and oxygen atoms in total. The highest BCUT2D eigenvalue weighted by atomic mass is 19.1. The fourth-order valence-electron chi connectivity index (χ4n) is 5.26. The molecule has 6 rings (SSSR count). The van der Waals surface area contributed by atoms with E-state index in [4.69, 9.17) is 5.73 Å². The van der Waals surface area contributed by atoms with Gasteiger partial charge in [0.05, 0.1) is 28.3 Å². The van der Waals surface area contributed by atoms with E-state index in [9.17, 15) is 22.8 Å². The van der Waals surface area contributed by atoms with E-state index in [0.29, 0.717) is 28.4 Å². The number of hydrogen-bond donors (Lipinski definition) is 2. The average molecular weight is 584 g/mol. The number of nitrogens with two attached hydrogens (primary N) is 1. The summed E-state index contributed by atoms with van der Waals surface area (Å²) in [6.07, 6.45) is 1.48. The molecular weight excluding hydrogens is 559 g/mol. The molecule has 12 heteroatoms. The van der Waals surface area contributed by atoms with E-state index in [1.165, 1.54) is 30.5 Å². The molecule has 3 aromatic carbocycles. The van der Waals surface area contributed by atoms with Crippen LogP contribution in [-0.2, 0) is 17.8 Å². The lowest BCUT2D eigenvalue weighted by molar-refractivity contribution is -0.122. The summed E-state index contributed by atoms with van der Waals surface area (Å²) < 4.78 is 46.0. The van der Waals surface area contributed by atoms with Gasteiger partial charge in [0.15, 0.2) is 0 Å². The molecule has 0 aliphatic carbocycles. The molecule has 0 saturated carbocycles. The van der Waals surface area contributed by atoms with Gasteiger partial charge in [0, 0.05) is 17.8 Å². The molecule has 0 fully saturated rings. The number of carbonyl (C=O) groups is 2. The van der Waals surface area contributed by atoms with Crippen LogP contribution in [0, 0.1) is 24.4 Å². The zero-order chi connectivity index (χ0) is 30.2. The fraction of sp³-hybridized carbons (Fsp3) is 0.129. The summed E-state index contributed by atoms with van der Waals surface area (Å²) in [4.78, 5) is 34.5. The monoisotopic (exact) mass is 583 g/mol. The molecule has 1 unspecified atom stereocenters. The van der Waals surface area contributed by atoms with Gasteiger partial charge in [-0.1, -0.05) is 24.3 Å². The number of nitrogens with zero attached hydrogens (tertiary/aromatic N) is 5. The minimum Gasteiger partial charge on any atom is -0.366 e. The van der Waals surface area contributed by atoms with Crippen molar-refractivity contribution < 1.29 is 22.8 Å². The van der Waals surface area contributed by atoms with Crippen LogP contribution in [0.4, 0.5) is 13.2 Å². The Kier molecular flexibility index (Phi) is 7.10. The lowest BCUT2D eigenvalue weighted by atomic mass is 9.94. The van der Waals surface area contributed by atoms with Crippen LogP contribution >= 0.6 is 0 Å². The quantitative estimate of drug-likeness (QED) is 0.270. The SMILES string of the molecule is Cc1nc2n(CC(=O)NC(Cc3cc(F)cc(F)c3)c3ncccc3-c3ccc(F)c(C(N)=O)c3)c3ccccc3n2n1. The molecule has 0 aliphatic rings. The van der Waals surface area contributed by atoms with Crippen LogP contribution in [0.5, 0.6) is 0 Å². The van der Waals surface area contributed by atoms with Gasteiger partial charge in [-0.15, -0.1) is 5.10 Å². The van der Waals surface area contributed by atoms with Gasteiger partial charge in [-0.2, -0.15) is 9.50 Å². The highest BCUT2D eigenvalue weighted by Crippen LogP contribution is 2.30. The van der Waals surface area contributed by atoms with Crippen LogP contribution in [-0.4, -0.2) is 36.0 Å². The topological polar surface area (TPSA) is 120 Å². The number of nitrogens with one attached hydrogen (secondary N) is 1. The average Bonchev–Trinajstić information content (AvgIpc) is 3.48. The minimum absolute atomic E-state index is 0.0276. The third kappa shape index (κ3) is 5.42.